The lowest BCUT2D eigenvalue weighted by atomic mass is 10.1. The summed E-state index contributed by atoms with van der Waals surface area (Å²) < 4.78 is 5.40. The first-order chi connectivity index (χ1) is 15.8. The predicted molar refractivity (Wildman–Crippen MR) is 129 cm³/mol. The smallest absolute Gasteiger partial charge is 0.229 e. The highest BCUT2D eigenvalue weighted by Gasteiger charge is 2.09. The molecule has 3 heterocycles. The number of benzene rings is 2. The van der Waals surface area contributed by atoms with Crippen LogP contribution in [0, 0.1) is 0 Å². The van der Waals surface area contributed by atoms with Crippen molar-refractivity contribution >= 4 is 28.4 Å². The Bertz CT molecular complexity index is 1130. The molecule has 0 atom stereocenters. The summed E-state index contributed by atoms with van der Waals surface area (Å²) in [5.41, 5.74) is 4.29. The topological polar surface area (TPSA) is 78.1 Å². The van der Waals surface area contributed by atoms with Crippen LogP contribution in [0.5, 0.6) is 0 Å². The number of anilines is 3. The Morgan fingerprint density at radius 1 is 1.00 bits per heavy atom. The maximum Gasteiger partial charge on any atom is 0.229 e. The number of H-pyrrole nitrogens is 1. The SMILES string of the molecule is c1cc(Nc2nccc(NCCCN3CCOCC3)n2)cc(-c2cc3ccccc3[nH]2)c1. The molecule has 7 nitrogen and oxygen atoms in total. The van der Waals surface area contributed by atoms with Crippen molar-refractivity contribution in [1.29, 1.82) is 0 Å². The maximum absolute atomic E-state index is 5.40. The fourth-order valence-electron chi connectivity index (χ4n) is 3.98. The van der Waals surface area contributed by atoms with Gasteiger partial charge in [-0.15, -0.1) is 0 Å². The van der Waals surface area contributed by atoms with Crippen molar-refractivity contribution < 1.29 is 4.74 Å². The minimum absolute atomic E-state index is 0.581. The molecule has 4 aromatic rings. The number of rotatable bonds is 8. The van der Waals surface area contributed by atoms with E-state index in [0.29, 0.717) is 5.95 Å². The number of para-hydroxylation sites is 1. The van der Waals surface area contributed by atoms with Gasteiger partial charge in [0.2, 0.25) is 5.95 Å². The second-order valence-electron chi connectivity index (χ2n) is 7.98. The average Bonchev–Trinajstić information content (AvgIpc) is 3.28. The summed E-state index contributed by atoms with van der Waals surface area (Å²) >= 11 is 0. The summed E-state index contributed by atoms with van der Waals surface area (Å²) in [6.45, 7) is 5.70. The van der Waals surface area contributed by atoms with Gasteiger partial charge in [0.15, 0.2) is 0 Å². The molecule has 5 rings (SSSR count). The molecule has 1 fully saturated rings. The molecule has 0 aliphatic carbocycles. The van der Waals surface area contributed by atoms with E-state index >= 15 is 0 Å². The van der Waals surface area contributed by atoms with E-state index in [1.165, 1.54) is 5.39 Å². The molecule has 0 amide bonds. The maximum atomic E-state index is 5.40. The van der Waals surface area contributed by atoms with Crippen LogP contribution in [0.15, 0.2) is 66.9 Å². The summed E-state index contributed by atoms with van der Waals surface area (Å²) in [4.78, 5) is 14.9. The van der Waals surface area contributed by atoms with E-state index in [0.717, 1.165) is 74.1 Å². The molecule has 2 aromatic carbocycles. The molecule has 0 saturated carbocycles. The Balaban J connectivity index is 1.20. The van der Waals surface area contributed by atoms with Crippen LogP contribution < -0.4 is 10.6 Å². The molecular formula is C25H28N6O. The first kappa shape index (κ1) is 20.5. The van der Waals surface area contributed by atoms with E-state index in [-0.39, 0.29) is 0 Å². The lowest BCUT2D eigenvalue weighted by Crippen LogP contribution is -2.37. The van der Waals surface area contributed by atoms with E-state index in [2.05, 4.69) is 66.9 Å². The Kier molecular flexibility index (Phi) is 6.28. The number of nitrogens with one attached hydrogen (secondary N) is 3. The fourth-order valence-corrected chi connectivity index (χ4v) is 3.98. The van der Waals surface area contributed by atoms with Crippen molar-refractivity contribution in [2.45, 2.75) is 6.42 Å². The molecule has 0 unspecified atom stereocenters. The normalized spacial score (nSPS) is 14.5. The van der Waals surface area contributed by atoms with Crippen LogP contribution in [0.2, 0.25) is 0 Å². The molecule has 164 valence electrons. The van der Waals surface area contributed by atoms with Crippen LogP contribution in [0.1, 0.15) is 6.42 Å². The van der Waals surface area contributed by atoms with Gasteiger partial charge in [-0.3, -0.25) is 4.90 Å². The third-order valence-electron chi connectivity index (χ3n) is 5.68. The monoisotopic (exact) mass is 428 g/mol. The number of nitrogens with zero attached hydrogens (tertiary/aromatic N) is 3. The summed E-state index contributed by atoms with van der Waals surface area (Å²) in [7, 11) is 0. The minimum Gasteiger partial charge on any atom is -0.379 e. The Labute approximate surface area is 187 Å². The second kappa shape index (κ2) is 9.80. The minimum atomic E-state index is 0.581. The molecule has 1 aliphatic rings. The highest BCUT2D eigenvalue weighted by Crippen LogP contribution is 2.26. The van der Waals surface area contributed by atoms with E-state index < -0.39 is 0 Å². The zero-order valence-electron chi connectivity index (χ0n) is 18.1. The zero-order valence-corrected chi connectivity index (χ0v) is 18.1. The number of fused-ring (bicyclic) bond motifs is 1. The van der Waals surface area contributed by atoms with Gasteiger partial charge in [-0.05, 0) is 43.3 Å². The van der Waals surface area contributed by atoms with Gasteiger partial charge in [0.25, 0.3) is 0 Å². The first-order valence-corrected chi connectivity index (χ1v) is 11.2. The van der Waals surface area contributed by atoms with Gasteiger partial charge in [-0.1, -0.05) is 30.3 Å². The summed E-state index contributed by atoms with van der Waals surface area (Å²) in [5, 5.41) is 7.95. The Morgan fingerprint density at radius 3 is 2.81 bits per heavy atom. The van der Waals surface area contributed by atoms with Gasteiger partial charge < -0.3 is 20.4 Å². The van der Waals surface area contributed by atoms with Crippen molar-refractivity contribution in [3.8, 4) is 11.3 Å². The molecular weight excluding hydrogens is 400 g/mol. The van der Waals surface area contributed by atoms with Crippen LogP contribution in [-0.4, -0.2) is 59.2 Å². The first-order valence-electron chi connectivity index (χ1n) is 11.2. The third kappa shape index (κ3) is 5.07. The average molecular weight is 429 g/mol. The lowest BCUT2D eigenvalue weighted by Gasteiger charge is -2.26. The van der Waals surface area contributed by atoms with Crippen molar-refractivity contribution in [3.63, 3.8) is 0 Å². The molecule has 2 aromatic heterocycles. The molecule has 7 heteroatoms. The number of hydrogen-bond donors (Lipinski definition) is 3. The zero-order chi connectivity index (χ0) is 21.6. The summed E-state index contributed by atoms with van der Waals surface area (Å²) in [6.07, 6.45) is 2.85. The number of morpholine rings is 1. The van der Waals surface area contributed by atoms with Gasteiger partial charge in [-0.2, -0.15) is 4.98 Å². The lowest BCUT2D eigenvalue weighted by molar-refractivity contribution is 0.0378. The van der Waals surface area contributed by atoms with Gasteiger partial charge >= 0.3 is 0 Å². The van der Waals surface area contributed by atoms with E-state index in [4.69, 9.17) is 4.74 Å². The van der Waals surface area contributed by atoms with Gasteiger partial charge in [0.1, 0.15) is 5.82 Å². The van der Waals surface area contributed by atoms with E-state index in [1.54, 1.807) is 6.20 Å². The Morgan fingerprint density at radius 2 is 1.91 bits per heavy atom. The van der Waals surface area contributed by atoms with Crippen molar-refractivity contribution in [2.24, 2.45) is 0 Å². The number of ether oxygens (including phenoxy) is 1. The molecule has 0 radical (unpaired) electrons. The van der Waals surface area contributed by atoms with Gasteiger partial charge in [-0.25, -0.2) is 4.98 Å². The highest BCUT2D eigenvalue weighted by molar-refractivity contribution is 5.86. The van der Waals surface area contributed by atoms with E-state index in [9.17, 15) is 0 Å². The van der Waals surface area contributed by atoms with Crippen LogP contribution in [0.4, 0.5) is 17.5 Å². The summed E-state index contributed by atoms with van der Waals surface area (Å²) in [5.74, 6) is 1.41. The van der Waals surface area contributed by atoms with Crippen molar-refractivity contribution in [1.82, 2.24) is 19.9 Å². The number of hydrogen-bond acceptors (Lipinski definition) is 6. The molecule has 32 heavy (non-hydrogen) atoms. The molecule has 1 saturated heterocycles. The molecule has 0 bridgehead atoms. The quantitative estimate of drug-likeness (QED) is 0.359. The number of aromatic amines is 1. The summed E-state index contributed by atoms with van der Waals surface area (Å²) in [6, 6.07) is 20.7. The van der Waals surface area contributed by atoms with Crippen molar-refractivity contribution in [3.05, 3.63) is 66.9 Å². The molecule has 3 N–H and O–H groups in total. The Hall–Kier alpha value is -3.42. The van der Waals surface area contributed by atoms with E-state index in [1.807, 2.05) is 24.3 Å². The van der Waals surface area contributed by atoms with Crippen LogP contribution in [-0.2, 0) is 4.74 Å². The fraction of sp³-hybridized carbons (Fsp3) is 0.280. The number of aromatic nitrogens is 3. The van der Waals surface area contributed by atoms with Crippen LogP contribution in [0.25, 0.3) is 22.2 Å². The molecule has 0 spiro atoms. The van der Waals surface area contributed by atoms with Crippen LogP contribution in [0.3, 0.4) is 0 Å². The van der Waals surface area contributed by atoms with Gasteiger partial charge in [0.05, 0.1) is 13.2 Å². The largest absolute Gasteiger partial charge is 0.379 e. The van der Waals surface area contributed by atoms with Gasteiger partial charge in [0, 0.05) is 53.7 Å². The molecule has 1 aliphatic heterocycles. The second-order valence-corrected chi connectivity index (χ2v) is 7.98. The standard InChI is InChI=1S/C25H28N6O/c1-2-8-22-20(5-1)18-23(29-22)19-6-3-7-21(17-19)28-25-27-11-9-24(30-25)26-10-4-12-31-13-15-32-16-14-31/h1-3,5-9,11,17-18,29H,4,10,12-16H2,(H2,26,27,28,30). The van der Waals surface area contributed by atoms with Crippen LogP contribution >= 0.6 is 0 Å². The third-order valence-corrected chi connectivity index (χ3v) is 5.68. The highest BCUT2D eigenvalue weighted by atomic mass is 16.5. The predicted octanol–water partition coefficient (Wildman–Crippen LogP) is 4.50. The van der Waals surface area contributed by atoms with Crippen molar-refractivity contribution in [2.75, 3.05) is 50.0 Å².